The number of benzene rings is 2. The summed E-state index contributed by atoms with van der Waals surface area (Å²) in [5.41, 5.74) is 3.66. The van der Waals surface area contributed by atoms with E-state index in [1.807, 2.05) is 30.3 Å². The lowest BCUT2D eigenvalue weighted by Crippen LogP contribution is -1.84. The maximum absolute atomic E-state index is 5.29. The molecule has 2 aromatic rings. The van der Waals surface area contributed by atoms with Crippen LogP contribution in [0.1, 0.15) is 5.56 Å². The van der Waals surface area contributed by atoms with Gasteiger partial charge in [-0.05, 0) is 23.6 Å². The van der Waals surface area contributed by atoms with Crippen LogP contribution in [0.2, 0.25) is 0 Å². The molecule has 0 amide bonds. The summed E-state index contributed by atoms with van der Waals surface area (Å²) >= 11 is 5.29. The SMILES string of the molecule is Cc1ccccc1-c1ccccc1[S-]. The van der Waals surface area contributed by atoms with Crippen LogP contribution < -0.4 is 0 Å². The van der Waals surface area contributed by atoms with E-state index in [-0.39, 0.29) is 0 Å². The molecular formula is C13H11S-. The van der Waals surface area contributed by atoms with Gasteiger partial charge in [-0.15, -0.1) is 0 Å². The lowest BCUT2D eigenvalue weighted by atomic mass is 10.0. The molecule has 0 bridgehead atoms. The van der Waals surface area contributed by atoms with Gasteiger partial charge in [-0.3, -0.25) is 0 Å². The van der Waals surface area contributed by atoms with E-state index in [2.05, 4.69) is 25.1 Å². The predicted octanol–water partition coefficient (Wildman–Crippen LogP) is 3.57. The van der Waals surface area contributed by atoms with Gasteiger partial charge in [0.2, 0.25) is 0 Å². The van der Waals surface area contributed by atoms with Crippen molar-refractivity contribution in [2.45, 2.75) is 11.8 Å². The third kappa shape index (κ3) is 1.64. The number of aryl methyl sites for hydroxylation is 1. The Bertz CT molecular complexity index is 403. The molecule has 0 aromatic heterocycles. The zero-order chi connectivity index (χ0) is 9.97. The van der Waals surface area contributed by atoms with E-state index >= 15 is 0 Å². The molecule has 0 nitrogen and oxygen atoms in total. The predicted molar refractivity (Wildman–Crippen MR) is 62.2 cm³/mol. The topological polar surface area (TPSA) is 0 Å². The molecular weight excluding hydrogens is 188 g/mol. The van der Waals surface area contributed by atoms with Gasteiger partial charge in [-0.25, -0.2) is 0 Å². The maximum atomic E-state index is 5.29. The molecule has 2 aromatic carbocycles. The van der Waals surface area contributed by atoms with Gasteiger partial charge in [0.05, 0.1) is 0 Å². The van der Waals surface area contributed by atoms with Crippen LogP contribution in [-0.2, 0) is 12.6 Å². The van der Waals surface area contributed by atoms with Crippen LogP contribution in [0.15, 0.2) is 53.4 Å². The van der Waals surface area contributed by atoms with Crippen LogP contribution in [0.3, 0.4) is 0 Å². The Labute approximate surface area is 90.0 Å². The molecule has 0 saturated carbocycles. The molecule has 14 heavy (non-hydrogen) atoms. The van der Waals surface area contributed by atoms with Crippen molar-refractivity contribution in [2.75, 3.05) is 0 Å². The fourth-order valence-corrected chi connectivity index (χ4v) is 1.82. The second-order valence-electron chi connectivity index (χ2n) is 3.31. The monoisotopic (exact) mass is 199 g/mol. The first-order valence-corrected chi connectivity index (χ1v) is 5.02. The van der Waals surface area contributed by atoms with Crippen LogP contribution >= 0.6 is 0 Å². The Morgan fingerprint density at radius 1 is 0.786 bits per heavy atom. The van der Waals surface area contributed by atoms with Gasteiger partial charge in [0, 0.05) is 0 Å². The average Bonchev–Trinajstić information content (AvgIpc) is 2.20. The van der Waals surface area contributed by atoms with Crippen LogP contribution in [0.25, 0.3) is 11.1 Å². The highest BCUT2D eigenvalue weighted by Gasteiger charge is 1.99. The summed E-state index contributed by atoms with van der Waals surface area (Å²) in [6.45, 7) is 2.11. The molecule has 0 N–H and O–H groups in total. The minimum atomic E-state index is 0.918. The van der Waals surface area contributed by atoms with Crippen molar-refractivity contribution < 1.29 is 0 Å². The fourth-order valence-electron chi connectivity index (χ4n) is 1.56. The van der Waals surface area contributed by atoms with Gasteiger partial charge in [0.25, 0.3) is 0 Å². The number of rotatable bonds is 1. The summed E-state index contributed by atoms with van der Waals surface area (Å²) in [6.07, 6.45) is 0. The van der Waals surface area contributed by atoms with E-state index < -0.39 is 0 Å². The summed E-state index contributed by atoms with van der Waals surface area (Å²) in [6, 6.07) is 16.4. The van der Waals surface area contributed by atoms with E-state index in [1.54, 1.807) is 0 Å². The average molecular weight is 199 g/mol. The van der Waals surface area contributed by atoms with Crippen molar-refractivity contribution in [1.29, 1.82) is 0 Å². The van der Waals surface area contributed by atoms with E-state index in [4.69, 9.17) is 12.6 Å². The minimum absolute atomic E-state index is 0.918. The molecule has 0 unspecified atom stereocenters. The normalized spacial score (nSPS) is 10.1. The van der Waals surface area contributed by atoms with Crippen molar-refractivity contribution >= 4 is 12.6 Å². The van der Waals surface area contributed by atoms with Gasteiger partial charge in [0.15, 0.2) is 0 Å². The molecule has 0 heterocycles. The zero-order valence-corrected chi connectivity index (χ0v) is 8.84. The first kappa shape index (κ1) is 9.22. The van der Waals surface area contributed by atoms with Crippen molar-refractivity contribution in [3.8, 4) is 11.1 Å². The summed E-state index contributed by atoms with van der Waals surface area (Å²) in [7, 11) is 0. The molecule has 0 saturated heterocycles. The largest absolute Gasteiger partial charge is 0.779 e. The van der Waals surface area contributed by atoms with Gasteiger partial charge in [0.1, 0.15) is 0 Å². The van der Waals surface area contributed by atoms with Crippen molar-refractivity contribution in [3.05, 3.63) is 54.1 Å². The summed E-state index contributed by atoms with van der Waals surface area (Å²) in [4.78, 5) is 0.918. The second kappa shape index (κ2) is 3.81. The van der Waals surface area contributed by atoms with E-state index in [9.17, 15) is 0 Å². The van der Waals surface area contributed by atoms with E-state index in [1.165, 1.54) is 11.1 Å². The highest BCUT2D eigenvalue weighted by Crippen LogP contribution is 2.25. The first-order valence-electron chi connectivity index (χ1n) is 4.61. The molecule has 0 aliphatic heterocycles. The molecule has 70 valence electrons. The molecule has 0 aliphatic carbocycles. The third-order valence-electron chi connectivity index (χ3n) is 2.32. The summed E-state index contributed by atoms with van der Waals surface area (Å²) < 4.78 is 0. The zero-order valence-electron chi connectivity index (χ0n) is 8.03. The highest BCUT2D eigenvalue weighted by molar-refractivity contribution is 7.59. The quantitative estimate of drug-likeness (QED) is 0.633. The van der Waals surface area contributed by atoms with Gasteiger partial charge in [-0.1, -0.05) is 48.5 Å². The number of hydrogen-bond acceptors (Lipinski definition) is 1. The Hall–Kier alpha value is -1.34. The number of hydrogen-bond donors (Lipinski definition) is 0. The molecule has 0 aliphatic rings. The van der Waals surface area contributed by atoms with Crippen LogP contribution in [0.5, 0.6) is 0 Å². The lowest BCUT2D eigenvalue weighted by Gasteiger charge is -2.15. The van der Waals surface area contributed by atoms with E-state index in [0.717, 1.165) is 10.5 Å². The Balaban J connectivity index is 2.61. The van der Waals surface area contributed by atoms with Gasteiger partial charge in [-0.2, -0.15) is 4.90 Å². The summed E-state index contributed by atoms with van der Waals surface area (Å²) in [5, 5.41) is 0. The fraction of sp³-hybridized carbons (Fsp3) is 0.0769. The van der Waals surface area contributed by atoms with Gasteiger partial charge >= 0.3 is 0 Å². The highest BCUT2D eigenvalue weighted by atomic mass is 32.1. The smallest absolute Gasteiger partial charge is 0.0170 e. The molecule has 0 spiro atoms. The van der Waals surface area contributed by atoms with Crippen LogP contribution in [0.4, 0.5) is 0 Å². The Morgan fingerprint density at radius 3 is 2.00 bits per heavy atom. The minimum Gasteiger partial charge on any atom is -0.779 e. The van der Waals surface area contributed by atoms with Crippen molar-refractivity contribution in [1.82, 2.24) is 0 Å². The van der Waals surface area contributed by atoms with Crippen molar-refractivity contribution in [3.63, 3.8) is 0 Å². The lowest BCUT2D eigenvalue weighted by molar-refractivity contribution is 1.40. The molecule has 0 fully saturated rings. The van der Waals surface area contributed by atoms with Gasteiger partial charge < -0.3 is 12.6 Å². The Morgan fingerprint density at radius 2 is 1.36 bits per heavy atom. The van der Waals surface area contributed by atoms with E-state index in [0.29, 0.717) is 0 Å². The molecule has 0 radical (unpaired) electrons. The Kier molecular flexibility index (Phi) is 2.51. The van der Waals surface area contributed by atoms with Crippen LogP contribution in [-0.4, -0.2) is 0 Å². The van der Waals surface area contributed by atoms with Crippen molar-refractivity contribution in [2.24, 2.45) is 0 Å². The summed E-state index contributed by atoms with van der Waals surface area (Å²) in [5.74, 6) is 0. The first-order chi connectivity index (χ1) is 6.79. The van der Waals surface area contributed by atoms with Crippen LogP contribution in [0, 0.1) is 6.92 Å². The molecule has 0 atom stereocenters. The standard InChI is InChI=1S/C13H12S/c1-10-6-2-3-7-11(10)12-8-4-5-9-13(12)14/h2-9,14H,1H3/p-1. The molecule has 1 heteroatoms. The maximum Gasteiger partial charge on any atom is -0.0170 e. The molecule has 2 rings (SSSR count). The third-order valence-corrected chi connectivity index (χ3v) is 2.68. The second-order valence-corrected chi connectivity index (χ2v) is 3.75.